The normalized spacial score (nSPS) is 11.9. The van der Waals surface area contributed by atoms with Crippen LogP contribution in [0.1, 0.15) is 27.7 Å². The van der Waals surface area contributed by atoms with Crippen molar-refractivity contribution in [1.29, 1.82) is 0 Å². The number of thiophene rings is 1. The van der Waals surface area contributed by atoms with Crippen molar-refractivity contribution in [2.45, 2.75) is 12.5 Å². The number of halogens is 2. The van der Waals surface area contributed by atoms with Crippen LogP contribution in [0, 0.1) is 5.82 Å². The molecule has 2 aromatic carbocycles. The molecule has 0 saturated carbocycles. The molecule has 1 amide bonds. The number of carboxylic acid groups (broad SMARTS) is 1. The minimum atomic E-state index is -1.09. The molecule has 0 radical (unpaired) electrons. The van der Waals surface area contributed by atoms with Crippen LogP contribution in [0.5, 0.6) is 0 Å². The highest BCUT2D eigenvalue weighted by Crippen LogP contribution is 2.29. The molecular formula is C23H18ClFN4O5S. The van der Waals surface area contributed by atoms with E-state index in [9.17, 15) is 28.7 Å². The standard InChI is InChI=1S/C23H18ClFN4O5S/c1-26-16-9-15-13(8-14(16)25)22(33)29(23(34)28-15)12-4-2-11(3-5-12)21(32)27-17(10-20(30)31)18-6-7-19(24)35-18/h2-9,17,26H,10H2,1H3,(H,27,32)(H,28,34)(H,30,31). The zero-order valence-electron chi connectivity index (χ0n) is 18.1. The highest BCUT2D eigenvalue weighted by molar-refractivity contribution is 7.16. The number of aliphatic carboxylic acids is 1. The van der Waals surface area contributed by atoms with Gasteiger partial charge in [-0.1, -0.05) is 11.6 Å². The predicted octanol–water partition coefficient (Wildman–Crippen LogP) is 3.52. The third-order valence-electron chi connectivity index (χ3n) is 5.26. The van der Waals surface area contributed by atoms with Gasteiger partial charge in [0.2, 0.25) is 0 Å². The van der Waals surface area contributed by atoms with E-state index >= 15 is 0 Å². The second-order valence-electron chi connectivity index (χ2n) is 7.51. The van der Waals surface area contributed by atoms with Crippen LogP contribution in [0.25, 0.3) is 16.6 Å². The Balaban J connectivity index is 1.64. The number of carboxylic acids is 1. The van der Waals surface area contributed by atoms with Gasteiger partial charge in [-0.05, 0) is 48.5 Å². The molecule has 0 spiro atoms. The summed E-state index contributed by atoms with van der Waals surface area (Å²) in [5, 5.41) is 14.5. The van der Waals surface area contributed by atoms with Gasteiger partial charge >= 0.3 is 11.7 Å². The summed E-state index contributed by atoms with van der Waals surface area (Å²) >= 11 is 7.10. The third kappa shape index (κ3) is 4.96. The van der Waals surface area contributed by atoms with E-state index in [1.54, 1.807) is 12.1 Å². The van der Waals surface area contributed by atoms with Gasteiger partial charge in [0, 0.05) is 17.5 Å². The molecule has 0 fully saturated rings. The molecule has 4 N–H and O–H groups in total. The topological polar surface area (TPSA) is 133 Å². The number of amides is 1. The number of hydrogen-bond acceptors (Lipinski definition) is 6. The van der Waals surface area contributed by atoms with Crippen LogP contribution in [0.3, 0.4) is 0 Å². The van der Waals surface area contributed by atoms with E-state index in [1.807, 2.05) is 0 Å². The number of nitrogens with zero attached hydrogens (tertiary/aromatic N) is 1. The molecule has 2 aromatic heterocycles. The zero-order valence-corrected chi connectivity index (χ0v) is 19.7. The van der Waals surface area contributed by atoms with Crippen LogP contribution in [0.15, 0.2) is 58.1 Å². The highest BCUT2D eigenvalue weighted by Gasteiger charge is 2.21. The molecule has 1 atom stereocenters. The first kappa shape index (κ1) is 24.2. The first-order valence-electron chi connectivity index (χ1n) is 10.2. The van der Waals surface area contributed by atoms with Crippen molar-refractivity contribution in [1.82, 2.24) is 14.9 Å². The van der Waals surface area contributed by atoms with Crippen molar-refractivity contribution in [3.63, 3.8) is 0 Å². The lowest BCUT2D eigenvalue weighted by Crippen LogP contribution is -2.34. The maximum Gasteiger partial charge on any atom is 0.333 e. The van der Waals surface area contributed by atoms with Gasteiger partial charge in [-0.15, -0.1) is 11.3 Å². The second-order valence-corrected chi connectivity index (χ2v) is 9.26. The van der Waals surface area contributed by atoms with Crippen molar-refractivity contribution in [3.05, 3.63) is 90.0 Å². The van der Waals surface area contributed by atoms with Gasteiger partial charge in [0.15, 0.2) is 0 Å². The van der Waals surface area contributed by atoms with E-state index in [4.69, 9.17) is 11.6 Å². The lowest BCUT2D eigenvalue weighted by molar-refractivity contribution is -0.137. The number of hydrogen-bond donors (Lipinski definition) is 4. The zero-order chi connectivity index (χ0) is 25.3. The number of rotatable bonds is 7. The Morgan fingerprint density at radius 3 is 2.49 bits per heavy atom. The molecule has 0 saturated heterocycles. The SMILES string of the molecule is CNc1cc2[nH]c(=O)n(-c3ccc(C(=O)NC(CC(=O)O)c4ccc(Cl)s4)cc3)c(=O)c2cc1F. The van der Waals surface area contributed by atoms with Crippen LogP contribution in [0.2, 0.25) is 4.34 Å². The summed E-state index contributed by atoms with van der Waals surface area (Å²) in [5.74, 6) is -2.29. The van der Waals surface area contributed by atoms with Gasteiger partial charge in [0.1, 0.15) is 5.82 Å². The monoisotopic (exact) mass is 516 g/mol. The number of anilines is 1. The molecule has 4 aromatic rings. The average molecular weight is 517 g/mol. The second kappa shape index (κ2) is 9.72. The Labute approximate surface area is 205 Å². The van der Waals surface area contributed by atoms with Crippen molar-refractivity contribution in [2.75, 3.05) is 12.4 Å². The number of nitrogens with one attached hydrogen (secondary N) is 3. The molecule has 0 aliphatic rings. The van der Waals surface area contributed by atoms with Crippen LogP contribution in [0.4, 0.5) is 10.1 Å². The Bertz CT molecular complexity index is 1560. The maximum atomic E-state index is 14.2. The third-order valence-corrected chi connectivity index (χ3v) is 6.61. The van der Waals surface area contributed by atoms with E-state index in [0.717, 1.165) is 22.0 Å². The smallest absolute Gasteiger partial charge is 0.333 e. The van der Waals surface area contributed by atoms with Gasteiger partial charge in [0.25, 0.3) is 11.5 Å². The average Bonchev–Trinajstić information content (AvgIpc) is 3.25. The molecule has 4 rings (SSSR count). The molecular weight excluding hydrogens is 499 g/mol. The number of carbonyl (C=O) groups is 2. The van der Waals surface area contributed by atoms with Crippen LogP contribution >= 0.6 is 22.9 Å². The van der Waals surface area contributed by atoms with Crippen LogP contribution < -0.4 is 21.9 Å². The van der Waals surface area contributed by atoms with Crippen LogP contribution in [-0.4, -0.2) is 33.6 Å². The first-order valence-corrected chi connectivity index (χ1v) is 11.4. The minimum Gasteiger partial charge on any atom is -0.481 e. The molecule has 1 unspecified atom stereocenters. The van der Waals surface area contributed by atoms with Gasteiger partial charge in [-0.2, -0.15) is 0 Å². The summed E-state index contributed by atoms with van der Waals surface area (Å²) in [6.07, 6.45) is -0.339. The molecule has 12 heteroatoms. The number of aromatic nitrogens is 2. The van der Waals surface area contributed by atoms with Gasteiger partial charge in [-0.25, -0.2) is 13.8 Å². The van der Waals surface area contributed by atoms with Crippen molar-refractivity contribution in [3.8, 4) is 5.69 Å². The summed E-state index contributed by atoms with van der Waals surface area (Å²) in [6.45, 7) is 0. The Hall–Kier alpha value is -3.96. The molecule has 180 valence electrons. The van der Waals surface area contributed by atoms with Crippen LogP contribution in [-0.2, 0) is 4.79 Å². The fraction of sp³-hybridized carbons (Fsp3) is 0.130. The molecule has 35 heavy (non-hydrogen) atoms. The Kier molecular flexibility index (Phi) is 6.72. The van der Waals surface area contributed by atoms with Crippen molar-refractivity contribution < 1.29 is 19.1 Å². The van der Waals surface area contributed by atoms with E-state index in [1.165, 1.54) is 37.4 Å². The molecule has 0 aliphatic heterocycles. The Morgan fingerprint density at radius 2 is 1.89 bits per heavy atom. The van der Waals surface area contributed by atoms with Gasteiger partial charge in [0.05, 0.1) is 39.1 Å². The number of H-pyrrole nitrogens is 1. The molecule has 2 heterocycles. The van der Waals surface area contributed by atoms with Crippen molar-refractivity contribution >= 4 is 51.4 Å². The van der Waals surface area contributed by atoms with E-state index < -0.39 is 35.0 Å². The summed E-state index contributed by atoms with van der Waals surface area (Å²) in [5.41, 5.74) is -0.799. The number of aromatic amines is 1. The highest BCUT2D eigenvalue weighted by atomic mass is 35.5. The van der Waals surface area contributed by atoms with E-state index in [2.05, 4.69) is 15.6 Å². The summed E-state index contributed by atoms with van der Waals surface area (Å²) in [6, 6.07) is 10.4. The summed E-state index contributed by atoms with van der Waals surface area (Å²) in [7, 11) is 1.51. The fourth-order valence-electron chi connectivity index (χ4n) is 3.58. The fourth-order valence-corrected chi connectivity index (χ4v) is 4.69. The number of benzene rings is 2. The minimum absolute atomic E-state index is 0.0194. The summed E-state index contributed by atoms with van der Waals surface area (Å²) < 4.78 is 15.5. The number of carbonyl (C=O) groups excluding carboxylic acids is 1. The van der Waals surface area contributed by atoms with Gasteiger partial charge < -0.3 is 20.7 Å². The first-order chi connectivity index (χ1) is 16.7. The quantitative estimate of drug-likeness (QED) is 0.297. The number of fused-ring (bicyclic) bond motifs is 1. The lowest BCUT2D eigenvalue weighted by atomic mass is 10.1. The molecule has 9 nitrogen and oxygen atoms in total. The Morgan fingerprint density at radius 1 is 1.17 bits per heavy atom. The van der Waals surface area contributed by atoms with E-state index in [0.29, 0.717) is 9.21 Å². The molecule has 0 aliphatic carbocycles. The molecule has 0 bridgehead atoms. The largest absolute Gasteiger partial charge is 0.481 e. The summed E-state index contributed by atoms with van der Waals surface area (Å²) in [4.78, 5) is 52.7. The van der Waals surface area contributed by atoms with Crippen molar-refractivity contribution in [2.24, 2.45) is 0 Å². The maximum absolute atomic E-state index is 14.2. The lowest BCUT2D eigenvalue weighted by Gasteiger charge is -2.16. The van der Waals surface area contributed by atoms with Gasteiger partial charge in [-0.3, -0.25) is 14.4 Å². The van der Waals surface area contributed by atoms with E-state index in [-0.39, 0.29) is 34.3 Å². The predicted molar refractivity (Wildman–Crippen MR) is 131 cm³/mol.